The first kappa shape index (κ1) is 18.7. The molecule has 0 saturated carbocycles. The highest BCUT2D eigenvalue weighted by Crippen LogP contribution is 2.43. The topological polar surface area (TPSA) is 75.6 Å². The molecular formula is C21H23N3O3S. The number of nitrogens with zero attached hydrogens (tertiary/aromatic N) is 3. The second-order valence-corrected chi connectivity index (χ2v) is 8.16. The Hall–Kier alpha value is -2.67. The average Bonchev–Trinajstić information content (AvgIpc) is 3.26. The number of benzene rings is 1. The number of carboxylic acids is 1. The molecule has 0 amide bonds. The van der Waals surface area contributed by atoms with Gasteiger partial charge >= 0.3 is 5.97 Å². The smallest absolute Gasteiger partial charge is 0.326 e. The van der Waals surface area contributed by atoms with E-state index in [1.807, 2.05) is 43.0 Å². The third kappa shape index (κ3) is 3.20. The Bertz CT molecular complexity index is 1030. The predicted octanol–water partition coefficient (Wildman–Crippen LogP) is 4.43. The van der Waals surface area contributed by atoms with Gasteiger partial charge in [-0.1, -0.05) is 12.1 Å². The summed E-state index contributed by atoms with van der Waals surface area (Å²) in [6.45, 7) is 7.23. The van der Waals surface area contributed by atoms with Crippen molar-refractivity contribution in [3.05, 3.63) is 35.0 Å². The number of anilines is 1. The Morgan fingerprint density at radius 2 is 2.04 bits per heavy atom. The highest BCUT2D eigenvalue weighted by atomic mass is 32.1. The van der Waals surface area contributed by atoms with Gasteiger partial charge in [0.05, 0.1) is 12.0 Å². The first-order valence-electron chi connectivity index (χ1n) is 9.50. The molecule has 1 saturated heterocycles. The zero-order valence-corrected chi connectivity index (χ0v) is 17.0. The lowest BCUT2D eigenvalue weighted by Gasteiger charge is -2.24. The summed E-state index contributed by atoms with van der Waals surface area (Å²) in [6.07, 6.45) is 1.49. The zero-order valence-electron chi connectivity index (χ0n) is 16.2. The Morgan fingerprint density at radius 3 is 2.71 bits per heavy atom. The average molecular weight is 398 g/mol. The van der Waals surface area contributed by atoms with Crippen molar-refractivity contribution in [1.82, 2.24) is 9.97 Å². The highest BCUT2D eigenvalue weighted by molar-refractivity contribution is 7.19. The molecule has 1 unspecified atom stereocenters. The van der Waals surface area contributed by atoms with Crippen LogP contribution in [0.25, 0.3) is 21.3 Å². The molecule has 1 aliphatic heterocycles. The molecule has 28 heavy (non-hydrogen) atoms. The molecule has 1 aliphatic rings. The summed E-state index contributed by atoms with van der Waals surface area (Å²) in [4.78, 5) is 25.1. The SMILES string of the molecule is CCOc1ccc(-c2c(C)sc3nc(C)nc(N4CCCC4C(=O)O)c23)cc1. The zero-order chi connectivity index (χ0) is 19.8. The molecule has 4 rings (SSSR count). The van der Waals surface area contributed by atoms with Crippen LogP contribution in [-0.2, 0) is 4.79 Å². The number of hydrogen-bond donors (Lipinski definition) is 1. The van der Waals surface area contributed by atoms with Crippen molar-refractivity contribution in [1.29, 1.82) is 0 Å². The lowest BCUT2D eigenvalue weighted by Crippen LogP contribution is -2.36. The first-order valence-corrected chi connectivity index (χ1v) is 10.3. The number of fused-ring (bicyclic) bond motifs is 1. The molecule has 0 aliphatic carbocycles. The van der Waals surface area contributed by atoms with Crippen molar-refractivity contribution in [2.45, 2.75) is 39.7 Å². The molecule has 0 spiro atoms. The monoisotopic (exact) mass is 397 g/mol. The van der Waals surface area contributed by atoms with Crippen LogP contribution in [0.2, 0.25) is 0 Å². The van der Waals surface area contributed by atoms with Gasteiger partial charge in [-0.25, -0.2) is 14.8 Å². The molecule has 1 fully saturated rings. The maximum atomic E-state index is 11.8. The normalized spacial score (nSPS) is 16.7. The molecule has 1 aromatic carbocycles. The summed E-state index contributed by atoms with van der Waals surface area (Å²) in [5, 5.41) is 10.6. The fourth-order valence-corrected chi connectivity index (χ4v) is 5.00. The van der Waals surface area contributed by atoms with Crippen molar-refractivity contribution in [3.8, 4) is 16.9 Å². The van der Waals surface area contributed by atoms with Crippen LogP contribution in [0.1, 0.15) is 30.5 Å². The van der Waals surface area contributed by atoms with E-state index in [0.717, 1.165) is 44.2 Å². The minimum atomic E-state index is -0.795. The summed E-state index contributed by atoms with van der Waals surface area (Å²) < 4.78 is 5.56. The number of rotatable bonds is 5. The van der Waals surface area contributed by atoms with Crippen LogP contribution in [0, 0.1) is 13.8 Å². The quantitative estimate of drug-likeness (QED) is 0.686. The summed E-state index contributed by atoms with van der Waals surface area (Å²) >= 11 is 1.63. The van der Waals surface area contributed by atoms with Gasteiger partial charge in [0, 0.05) is 17.0 Å². The third-order valence-electron chi connectivity index (χ3n) is 5.08. The van der Waals surface area contributed by atoms with E-state index in [4.69, 9.17) is 9.72 Å². The Kier molecular flexibility index (Phi) is 4.93. The van der Waals surface area contributed by atoms with Crippen LogP contribution in [0.4, 0.5) is 5.82 Å². The van der Waals surface area contributed by atoms with Gasteiger partial charge in [-0.15, -0.1) is 11.3 Å². The van der Waals surface area contributed by atoms with Crippen LogP contribution in [0.15, 0.2) is 24.3 Å². The standard InChI is InChI=1S/C21H23N3O3S/c1-4-27-15-9-7-14(8-10-15)17-12(2)28-20-18(17)19(22-13(3)23-20)24-11-5-6-16(24)21(25)26/h7-10,16H,4-6,11H2,1-3H3,(H,25,26). The van der Waals surface area contributed by atoms with E-state index in [1.165, 1.54) is 0 Å². The number of ether oxygens (including phenoxy) is 1. The molecule has 3 heterocycles. The van der Waals surface area contributed by atoms with Crippen LogP contribution in [-0.4, -0.2) is 40.2 Å². The number of aromatic nitrogens is 2. The van der Waals surface area contributed by atoms with Crippen molar-refractivity contribution in [2.75, 3.05) is 18.1 Å². The summed E-state index contributed by atoms with van der Waals surface area (Å²) in [6, 6.07) is 7.48. The van der Waals surface area contributed by atoms with Gasteiger partial charge in [-0.3, -0.25) is 0 Å². The van der Waals surface area contributed by atoms with E-state index in [2.05, 4.69) is 11.9 Å². The van der Waals surface area contributed by atoms with E-state index in [9.17, 15) is 9.90 Å². The second-order valence-electron chi connectivity index (χ2n) is 6.95. The van der Waals surface area contributed by atoms with Crippen molar-refractivity contribution >= 4 is 33.3 Å². The second kappa shape index (κ2) is 7.39. The molecular weight excluding hydrogens is 374 g/mol. The third-order valence-corrected chi connectivity index (χ3v) is 6.08. The van der Waals surface area contributed by atoms with Gasteiger partial charge in [0.15, 0.2) is 0 Å². The summed E-state index contributed by atoms with van der Waals surface area (Å²) in [5.41, 5.74) is 2.14. The fraction of sp³-hybridized carbons (Fsp3) is 0.381. The maximum Gasteiger partial charge on any atom is 0.326 e. The minimum absolute atomic E-state index is 0.536. The molecule has 2 aromatic heterocycles. The van der Waals surface area contributed by atoms with Crippen LogP contribution in [0.3, 0.4) is 0 Å². The Morgan fingerprint density at radius 1 is 1.29 bits per heavy atom. The van der Waals surface area contributed by atoms with Gasteiger partial charge in [-0.05, 0) is 51.3 Å². The molecule has 3 aromatic rings. The summed E-state index contributed by atoms with van der Waals surface area (Å²) in [5.74, 6) is 1.44. The number of thiophene rings is 1. The van der Waals surface area contributed by atoms with Gasteiger partial charge in [-0.2, -0.15) is 0 Å². The lowest BCUT2D eigenvalue weighted by molar-refractivity contribution is -0.138. The van der Waals surface area contributed by atoms with Gasteiger partial charge < -0.3 is 14.7 Å². The number of aliphatic carboxylic acids is 1. The minimum Gasteiger partial charge on any atom is -0.494 e. The highest BCUT2D eigenvalue weighted by Gasteiger charge is 2.34. The van der Waals surface area contributed by atoms with Crippen molar-refractivity contribution < 1.29 is 14.6 Å². The van der Waals surface area contributed by atoms with Crippen LogP contribution < -0.4 is 9.64 Å². The van der Waals surface area contributed by atoms with Crippen LogP contribution in [0.5, 0.6) is 5.75 Å². The van der Waals surface area contributed by atoms with Crippen molar-refractivity contribution in [2.24, 2.45) is 0 Å². The molecule has 0 radical (unpaired) electrons. The maximum absolute atomic E-state index is 11.8. The van der Waals surface area contributed by atoms with Gasteiger partial charge in [0.1, 0.15) is 28.3 Å². The molecule has 146 valence electrons. The largest absolute Gasteiger partial charge is 0.494 e. The number of aryl methyl sites for hydroxylation is 2. The van der Waals surface area contributed by atoms with Crippen molar-refractivity contribution in [3.63, 3.8) is 0 Å². The van der Waals surface area contributed by atoms with Crippen LogP contribution >= 0.6 is 11.3 Å². The van der Waals surface area contributed by atoms with Gasteiger partial charge in [0.25, 0.3) is 0 Å². The predicted molar refractivity (Wildman–Crippen MR) is 111 cm³/mol. The lowest BCUT2D eigenvalue weighted by atomic mass is 10.0. The first-order chi connectivity index (χ1) is 13.5. The fourth-order valence-electron chi connectivity index (χ4n) is 3.91. The molecule has 1 atom stereocenters. The number of carboxylic acid groups (broad SMARTS) is 1. The van der Waals surface area contributed by atoms with E-state index in [1.54, 1.807) is 11.3 Å². The molecule has 1 N–H and O–H groups in total. The molecule has 0 bridgehead atoms. The summed E-state index contributed by atoms with van der Waals surface area (Å²) in [7, 11) is 0. The molecule has 6 nitrogen and oxygen atoms in total. The molecule has 7 heteroatoms. The van der Waals surface area contributed by atoms with E-state index < -0.39 is 12.0 Å². The number of hydrogen-bond acceptors (Lipinski definition) is 6. The number of carbonyl (C=O) groups is 1. The Labute approximate surface area is 167 Å². The Balaban J connectivity index is 1.90. The van der Waals surface area contributed by atoms with E-state index in [-0.39, 0.29) is 0 Å². The van der Waals surface area contributed by atoms with E-state index >= 15 is 0 Å². The van der Waals surface area contributed by atoms with Gasteiger partial charge in [0.2, 0.25) is 0 Å². The van der Waals surface area contributed by atoms with E-state index in [0.29, 0.717) is 25.4 Å².